The fourth-order valence-electron chi connectivity index (χ4n) is 4.61. The third-order valence-electron chi connectivity index (χ3n) is 6.53. The lowest BCUT2D eigenvalue weighted by Crippen LogP contribution is -2.38. The lowest BCUT2D eigenvalue weighted by atomic mass is 9.93. The van der Waals surface area contributed by atoms with Crippen molar-refractivity contribution in [2.75, 3.05) is 20.2 Å². The molecule has 0 atom stereocenters. The number of hydrogen-bond acceptors (Lipinski definition) is 6. The maximum atomic E-state index is 13.3. The van der Waals surface area contributed by atoms with Gasteiger partial charge in [0.05, 0.1) is 19.0 Å². The van der Waals surface area contributed by atoms with E-state index in [1.807, 2.05) is 59.2 Å². The molecule has 35 heavy (non-hydrogen) atoms. The lowest BCUT2D eigenvalue weighted by molar-refractivity contribution is 0.0711. The third-order valence-corrected chi connectivity index (χ3v) is 6.53. The first-order chi connectivity index (χ1) is 17.1. The molecule has 0 radical (unpaired) electrons. The molecule has 0 aliphatic carbocycles. The molecular formula is C27H28N6O2. The van der Waals surface area contributed by atoms with Crippen LogP contribution in [0.2, 0.25) is 0 Å². The molecule has 8 nitrogen and oxygen atoms in total. The molecule has 4 heterocycles. The smallest absolute Gasteiger partial charge is 0.253 e. The second-order valence-electron chi connectivity index (χ2n) is 8.78. The van der Waals surface area contributed by atoms with E-state index in [0.717, 1.165) is 47.1 Å². The van der Waals surface area contributed by atoms with Crippen LogP contribution in [0, 0.1) is 0 Å². The van der Waals surface area contributed by atoms with Gasteiger partial charge in [0.2, 0.25) is 0 Å². The molecule has 1 saturated heterocycles. The summed E-state index contributed by atoms with van der Waals surface area (Å²) in [5.41, 5.74) is 4.28. The largest absolute Gasteiger partial charge is 0.496 e. The number of rotatable bonds is 6. The Morgan fingerprint density at radius 1 is 1.09 bits per heavy atom. The first kappa shape index (κ1) is 22.7. The summed E-state index contributed by atoms with van der Waals surface area (Å²) in [6, 6.07) is 11.6. The summed E-state index contributed by atoms with van der Waals surface area (Å²) in [5.74, 6) is 1.93. The number of carbonyl (C=O) groups excluding carboxylic acids is 1. The highest BCUT2D eigenvalue weighted by atomic mass is 16.5. The standard InChI is InChI=1S/C27H28N6O2/c1-32-14-11-30-26(32)24-18-28-17-23(31-24)19-8-12-33(13-9-19)27(34)21-7-10-29-22(16-21)15-20-5-3-4-6-25(20)35-2/h3-7,10-11,14,16-19H,8-9,12-13,15H2,1-2H3. The zero-order valence-corrected chi connectivity index (χ0v) is 20.0. The summed E-state index contributed by atoms with van der Waals surface area (Å²) in [5, 5.41) is 0. The minimum absolute atomic E-state index is 0.0416. The van der Waals surface area contributed by atoms with Crippen LogP contribution in [0.15, 0.2) is 67.4 Å². The van der Waals surface area contributed by atoms with Gasteiger partial charge < -0.3 is 14.2 Å². The molecule has 8 heteroatoms. The molecule has 0 spiro atoms. The van der Waals surface area contributed by atoms with Gasteiger partial charge in [-0.2, -0.15) is 0 Å². The lowest BCUT2D eigenvalue weighted by Gasteiger charge is -2.31. The van der Waals surface area contributed by atoms with E-state index in [0.29, 0.717) is 25.1 Å². The van der Waals surface area contributed by atoms with Crippen molar-refractivity contribution in [1.29, 1.82) is 0 Å². The van der Waals surface area contributed by atoms with Crippen LogP contribution in [0.1, 0.15) is 46.1 Å². The maximum absolute atomic E-state index is 13.3. The average Bonchev–Trinajstić information content (AvgIpc) is 3.35. The van der Waals surface area contributed by atoms with Crippen molar-refractivity contribution in [3.63, 3.8) is 0 Å². The number of carbonyl (C=O) groups is 1. The number of pyridine rings is 1. The number of imidazole rings is 1. The van der Waals surface area contributed by atoms with Gasteiger partial charge in [-0.1, -0.05) is 18.2 Å². The number of hydrogen-bond donors (Lipinski definition) is 0. The van der Waals surface area contributed by atoms with E-state index in [2.05, 4.69) is 15.0 Å². The second-order valence-corrected chi connectivity index (χ2v) is 8.78. The fraction of sp³-hybridized carbons (Fsp3) is 0.296. The monoisotopic (exact) mass is 468 g/mol. The quantitative estimate of drug-likeness (QED) is 0.427. The molecule has 3 aromatic heterocycles. The van der Waals surface area contributed by atoms with E-state index in [-0.39, 0.29) is 11.8 Å². The molecule has 4 aromatic rings. The van der Waals surface area contributed by atoms with Gasteiger partial charge in [-0.05, 0) is 31.0 Å². The molecular weight excluding hydrogens is 440 g/mol. The van der Waals surface area contributed by atoms with Crippen molar-refractivity contribution in [2.45, 2.75) is 25.2 Å². The molecule has 0 unspecified atom stereocenters. The van der Waals surface area contributed by atoms with Gasteiger partial charge >= 0.3 is 0 Å². The highest BCUT2D eigenvalue weighted by Gasteiger charge is 2.26. The SMILES string of the molecule is COc1ccccc1Cc1cc(C(=O)N2CCC(c3cncc(-c4nccn4C)n3)CC2)ccn1. The van der Waals surface area contributed by atoms with E-state index >= 15 is 0 Å². The van der Waals surface area contributed by atoms with Crippen LogP contribution in [0.25, 0.3) is 11.5 Å². The van der Waals surface area contributed by atoms with Gasteiger partial charge in [0.25, 0.3) is 5.91 Å². The summed E-state index contributed by atoms with van der Waals surface area (Å²) >= 11 is 0. The fourth-order valence-corrected chi connectivity index (χ4v) is 4.61. The Morgan fingerprint density at radius 3 is 2.69 bits per heavy atom. The Balaban J connectivity index is 1.24. The van der Waals surface area contributed by atoms with E-state index in [1.54, 1.807) is 31.8 Å². The Kier molecular flexibility index (Phi) is 6.52. The molecule has 1 fully saturated rings. The van der Waals surface area contributed by atoms with Crippen molar-refractivity contribution in [3.05, 3.63) is 89.9 Å². The highest BCUT2D eigenvalue weighted by Crippen LogP contribution is 2.28. The van der Waals surface area contributed by atoms with Crippen molar-refractivity contribution in [2.24, 2.45) is 7.05 Å². The zero-order valence-electron chi connectivity index (χ0n) is 20.0. The predicted octanol–water partition coefficient (Wildman–Crippen LogP) is 3.89. The Morgan fingerprint density at radius 2 is 1.91 bits per heavy atom. The number of nitrogens with zero attached hydrogens (tertiary/aromatic N) is 6. The number of benzene rings is 1. The zero-order chi connectivity index (χ0) is 24.2. The topological polar surface area (TPSA) is 86.0 Å². The van der Waals surface area contributed by atoms with E-state index in [1.165, 1.54) is 0 Å². The van der Waals surface area contributed by atoms with Gasteiger partial charge in [-0.25, -0.2) is 9.97 Å². The molecule has 0 bridgehead atoms. The van der Waals surface area contributed by atoms with Crippen LogP contribution in [0.3, 0.4) is 0 Å². The molecule has 1 aliphatic heterocycles. The van der Waals surface area contributed by atoms with E-state index in [4.69, 9.17) is 9.72 Å². The first-order valence-corrected chi connectivity index (χ1v) is 11.8. The Labute approximate surface area is 204 Å². The van der Waals surface area contributed by atoms with Crippen LogP contribution in [0.5, 0.6) is 5.75 Å². The van der Waals surface area contributed by atoms with Crippen LogP contribution in [-0.2, 0) is 13.5 Å². The first-order valence-electron chi connectivity index (χ1n) is 11.8. The van der Waals surface area contributed by atoms with Crippen LogP contribution < -0.4 is 4.74 Å². The van der Waals surface area contributed by atoms with Crippen molar-refractivity contribution < 1.29 is 9.53 Å². The van der Waals surface area contributed by atoms with E-state index < -0.39 is 0 Å². The van der Waals surface area contributed by atoms with Gasteiger partial charge in [-0.3, -0.25) is 14.8 Å². The molecule has 5 rings (SSSR count). The maximum Gasteiger partial charge on any atom is 0.253 e. The third kappa shape index (κ3) is 4.91. The number of amides is 1. The summed E-state index contributed by atoms with van der Waals surface area (Å²) in [7, 11) is 3.61. The number of ether oxygens (including phenoxy) is 1. The Bertz CT molecular complexity index is 1330. The summed E-state index contributed by atoms with van der Waals surface area (Å²) < 4.78 is 7.39. The predicted molar refractivity (Wildman–Crippen MR) is 132 cm³/mol. The minimum Gasteiger partial charge on any atom is -0.496 e. The molecule has 1 aromatic carbocycles. The second kappa shape index (κ2) is 10.0. The number of para-hydroxylation sites is 1. The molecule has 1 aliphatic rings. The van der Waals surface area contributed by atoms with Gasteiger partial charge in [0.15, 0.2) is 5.82 Å². The Hall–Kier alpha value is -4.07. The molecule has 0 saturated carbocycles. The minimum atomic E-state index is 0.0416. The summed E-state index contributed by atoms with van der Waals surface area (Å²) in [6.45, 7) is 1.37. The summed E-state index contributed by atoms with van der Waals surface area (Å²) in [6.07, 6.45) is 11.3. The molecule has 178 valence electrons. The van der Waals surface area contributed by atoms with Crippen LogP contribution in [-0.4, -0.2) is 55.5 Å². The van der Waals surface area contributed by atoms with E-state index in [9.17, 15) is 4.79 Å². The average molecular weight is 469 g/mol. The van der Waals surface area contributed by atoms with Crippen molar-refractivity contribution in [3.8, 4) is 17.3 Å². The van der Waals surface area contributed by atoms with Crippen molar-refractivity contribution in [1.82, 2.24) is 29.4 Å². The molecule has 0 N–H and O–H groups in total. The number of likely N-dealkylation sites (tertiary alicyclic amines) is 1. The number of aryl methyl sites for hydroxylation is 1. The highest BCUT2D eigenvalue weighted by molar-refractivity contribution is 5.94. The van der Waals surface area contributed by atoms with Crippen LogP contribution in [0.4, 0.5) is 0 Å². The molecule has 1 amide bonds. The normalized spacial score (nSPS) is 14.2. The van der Waals surface area contributed by atoms with Crippen LogP contribution >= 0.6 is 0 Å². The van der Waals surface area contributed by atoms with Gasteiger partial charge in [0.1, 0.15) is 11.4 Å². The summed E-state index contributed by atoms with van der Waals surface area (Å²) in [4.78, 5) is 33.3. The van der Waals surface area contributed by atoms with Gasteiger partial charge in [0, 0.05) is 74.1 Å². The number of piperidine rings is 1. The number of aromatic nitrogens is 5. The number of methoxy groups -OCH3 is 1. The van der Waals surface area contributed by atoms with Gasteiger partial charge in [-0.15, -0.1) is 0 Å². The van der Waals surface area contributed by atoms with Crippen molar-refractivity contribution >= 4 is 5.91 Å².